The molecule has 2 nitrogen and oxygen atoms in total. The predicted molar refractivity (Wildman–Crippen MR) is 92.2 cm³/mol. The van der Waals surface area contributed by atoms with Crippen molar-refractivity contribution in [3.63, 3.8) is 0 Å². The van der Waals surface area contributed by atoms with Crippen molar-refractivity contribution in [1.29, 1.82) is 0 Å². The summed E-state index contributed by atoms with van der Waals surface area (Å²) in [5.74, 6) is -0.460. The molecule has 114 valence electrons. The summed E-state index contributed by atoms with van der Waals surface area (Å²) in [6.45, 7) is 2.83. The van der Waals surface area contributed by atoms with E-state index in [0.29, 0.717) is 21.8 Å². The van der Waals surface area contributed by atoms with E-state index in [-0.39, 0.29) is 11.7 Å². The lowest BCUT2D eigenvalue weighted by molar-refractivity contribution is 0.0985. The number of carbonyl (C=O) groups is 1. The third-order valence-electron chi connectivity index (χ3n) is 3.65. The van der Waals surface area contributed by atoms with Crippen LogP contribution in [0.5, 0.6) is 0 Å². The largest absolute Gasteiger partial charge is 0.307 e. The molecule has 0 fully saturated rings. The maximum Gasteiger partial charge on any atom is 0.259 e. The van der Waals surface area contributed by atoms with Gasteiger partial charge in [0.2, 0.25) is 0 Å². The number of amides is 1. The summed E-state index contributed by atoms with van der Waals surface area (Å²) < 4.78 is 13.7. The number of carbonyl (C=O) groups excluding carboxylic acids is 1. The Morgan fingerprint density at radius 2 is 2.09 bits per heavy atom. The Bertz CT molecular complexity index is 722. The van der Waals surface area contributed by atoms with Crippen molar-refractivity contribution in [1.82, 2.24) is 0 Å². The van der Waals surface area contributed by atoms with Crippen LogP contribution in [0.15, 0.2) is 51.8 Å². The molecule has 1 amide bonds. The van der Waals surface area contributed by atoms with Gasteiger partial charge in [-0.25, -0.2) is 4.39 Å². The minimum absolute atomic E-state index is 0.103. The Morgan fingerprint density at radius 3 is 2.86 bits per heavy atom. The van der Waals surface area contributed by atoms with Crippen molar-refractivity contribution in [2.24, 2.45) is 0 Å². The SMILES string of the molecule is CC1CCN(C(=O)c2ccc(F)cc2Br)c2ccccc2S1. The van der Waals surface area contributed by atoms with E-state index in [9.17, 15) is 9.18 Å². The van der Waals surface area contributed by atoms with Gasteiger partial charge in [0.15, 0.2) is 0 Å². The number of hydrogen-bond acceptors (Lipinski definition) is 2. The van der Waals surface area contributed by atoms with Gasteiger partial charge in [-0.15, -0.1) is 11.8 Å². The van der Waals surface area contributed by atoms with Gasteiger partial charge >= 0.3 is 0 Å². The van der Waals surface area contributed by atoms with E-state index in [2.05, 4.69) is 22.9 Å². The van der Waals surface area contributed by atoms with Crippen molar-refractivity contribution in [2.75, 3.05) is 11.4 Å². The Balaban J connectivity index is 2.02. The monoisotopic (exact) mass is 379 g/mol. The molecule has 1 unspecified atom stereocenters. The summed E-state index contributed by atoms with van der Waals surface area (Å²) in [6.07, 6.45) is 0.921. The van der Waals surface area contributed by atoms with Crippen LogP contribution in [-0.4, -0.2) is 17.7 Å². The summed E-state index contributed by atoms with van der Waals surface area (Å²) in [4.78, 5) is 15.8. The maximum atomic E-state index is 13.3. The molecule has 0 N–H and O–H groups in total. The lowest BCUT2D eigenvalue weighted by atomic mass is 10.1. The average molecular weight is 380 g/mol. The zero-order valence-corrected chi connectivity index (χ0v) is 14.5. The molecule has 5 heteroatoms. The van der Waals surface area contributed by atoms with Crippen molar-refractivity contribution in [2.45, 2.75) is 23.5 Å². The van der Waals surface area contributed by atoms with Crippen LogP contribution < -0.4 is 4.90 Å². The number of rotatable bonds is 1. The molecular weight excluding hydrogens is 365 g/mol. The average Bonchev–Trinajstić information content (AvgIpc) is 2.65. The second kappa shape index (κ2) is 6.42. The van der Waals surface area contributed by atoms with E-state index in [1.165, 1.54) is 18.2 Å². The first kappa shape index (κ1) is 15.6. The number of hydrogen-bond donors (Lipinski definition) is 0. The number of anilines is 1. The summed E-state index contributed by atoms with van der Waals surface area (Å²) in [7, 11) is 0. The molecule has 0 radical (unpaired) electrons. The Labute approximate surface area is 141 Å². The third kappa shape index (κ3) is 3.06. The molecule has 0 spiro atoms. The van der Waals surface area contributed by atoms with Crippen molar-refractivity contribution in [3.05, 3.63) is 58.3 Å². The van der Waals surface area contributed by atoms with Gasteiger partial charge in [-0.3, -0.25) is 4.79 Å². The van der Waals surface area contributed by atoms with E-state index < -0.39 is 0 Å². The highest BCUT2D eigenvalue weighted by molar-refractivity contribution is 9.10. The van der Waals surface area contributed by atoms with Crippen LogP contribution in [0.4, 0.5) is 10.1 Å². The smallest absolute Gasteiger partial charge is 0.259 e. The number of halogens is 2. The number of nitrogens with zero attached hydrogens (tertiary/aromatic N) is 1. The quantitative estimate of drug-likeness (QED) is 0.685. The van der Waals surface area contributed by atoms with E-state index in [4.69, 9.17) is 0 Å². The van der Waals surface area contributed by atoms with Crippen molar-refractivity contribution in [3.8, 4) is 0 Å². The van der Waals surface area contributed by atoms with Crippen molar-refractivity contribution >= 4 is 39.3 Å². The molecule has 0 aromatic heterocycles. The Kier molecular flexibility index (Phi) is 4.54. The van der Waals surface area contributed by atoms with Gasteiger partial charge < -0.3 is 4.90 Å². The van der Waals surface area contributed by atoms with Crippen LogP contribution in [0.2, 0.25) is 0 Å². The van der Waals surface area contributed by atoms with E-state index in [0.717, 1.165) is 17.0 Å². The number of benzene rings is 2. The van der Waals surface area contributed by atoms with Gasteiger partial charge in [0.25, 0.3) is 5.91 Å². The summed E-state index contributed by atoms with van der Waals surface area (Å²) >= 11 is 5.08. The molecule has 1 atom stereocenters. The molecule has 0 saturated carbocycles. The molecule has 22 heavy (non-hydrogen) atoms. The van der Waals surface area contributed by atoms with E-state index in [1.54, 1.807) is 16.7 Å². The maximum absolute atomic E-state index is 13.3. The minimum Gasteiger partial charge on any atom is -0.307 e. The van der Waals surface area contributed by atoms with Gasteiger partial charge in [-0.2, -0.15) is 0 Å². The first-order valence-corrected chi connectivity index (χ1v) is 8.76. The summed E-state index contributed by atoms with van der Waals surface area (Å²) in [6, 6.07) is 12.1. The first-order chi connectivity index (χ1) is 10.6. The number of para-hydroxylation sites is 1. The second-order valence-corrected chi connectivity index (χ2v) is 7.60. The van der Waals surface area contributed by atoms with Crippen LogP contribution in [0.25, 0.3) is 0 Å². The Morgan fingerprint density at radius 1 is 1.32 bits per heavy atom. The van der Waals surface area contributed by atoms with Crippen LogP contribution in [0.1, 0.15) is 23.7 Å². The molecule has 3 rings (SSSR count). The molecule has 0 bridgehead atoms. The van der Waals surface area contributed by atoms with Gasteiger partial charge in [-0.05, 0) is 52.7 Å². The second-order valence-electron chi connectivity index (χ2n) is 5.27. The van der Waals surface area contributed by atoms with Crippen LogP contribution in [0.3, 0.4) is 0 Å². The fraction of sp³-hybridized carbons (Fsp3) is 0.235. The molecule has 1 aliphatic heterocycles. The zero-order chi connectivity index (χ0) is 15.7. The van der Waals surface area contributed by atoms with Crippen LogP contribution in [-0.2, 0) is 0 Å². The van der Waals surface area contributed by atoms with Gasteiger partial charge in [0.1, 0.15) is 5.82 Å². The highest BCUT2D eigenvalue weighted by Gasteiger charge is 2.26. The molecule has 2 aromatic carbocycles. The van der Waals surface area contributed by atoms with Crippen LogP contribution >= 0.6 is 27.7 Å². The lowest BCUT2D eigenvalue weighted by Crippen LogP contribution is -2.32. The summed E-state index contributed by atoms with van der Waals surface area (Å²) in [5.41, 5.74) is 1.41. The molecule has 0 aliphatic carbocycles. The fourth-order valence-electron chi connectivity index (χ4n) is 2.51. The van der Waals surface area contributed by atoms with Gasteiger partial charge in [0, 0.05) is 21.2 Å². The zero-order valence-electron chi connectivity index (χ0n) is 12.1. The molecule has 1 heterocycles. The minimum atomic E-state index is -0.358. The first-order valence-electron chi connectivity index (χ1n) is 7.09. The number of thioether (sulfide) groups is 1. The summed E-state index contributed by atoms with van der Waals surface area (Å²) in [5, 5.41) is 0.454. The lowest BCUT2D eigenvalue weighted by Gasteiger charge is -2.23. The fourth-order valence-corrected chi connectivity index (χ4v) is 4.14. The third-order valence-corrected chi connectivity index (χ3v) is 5.54. The predicted octanol–water partition coefficient (Wildman–Crippen LogP) is 5.12. The highest BCUT2D eigenvalue weighted by Crippen LogP contribution is 2.38. The van der Waals surface area contributed by atoms with Gasteiger partial charge in [0.05, 0.1) is 11.3 Å². The van der Waals surface area contributed by atoms with Crippen molar-refractivity contribution < 1.29 is 9.18 Å². The Hall–Kier alpha value is -1.33. The standard InChI is InChI=1S/C17H15BrFNOS/c1-11-8-9-20(15-4-2-3-5-16(15)22-11)17(21)13-7-6-12(19)10-14(13)18/h2-7,10-11H,8-9H2,1H3. The van der Waals surface area contributed by atoms with Gasteiger partial charge in [-0.1, -0.05) is 19.1 Å². The molecule has 1 aliphatic rings. The topological polar surface area (TPSA) is 20.3 Å². The molecular formula is C17H15BrFNOS. The molecule has 0 saturated heterocycles. The number of fused-ring (bicyclic) bond motifs is 1. The van der Waals surface area contributed by atoms with E-state index in [1.807, 2.05) is 24.3 Å². The highest BCUT2D eigenvalue weighted by atomic mass is 79.9. The molecule has 2 aromatic rings. The van der Waals surface area contributed by atoms with Crippen LogP contribution in [0, 0.1) is 5.82 Å². The normalized spacial score (nSPS) is 17.8. The van der Waals surface area contributed by atoms with E-state index >= 15 is 0 Å².